The summed E-state index contributed by atoms with van der Waals surface area (Å²) in [5.41, 5.74) is 14.4. The van der Waals surface area contributed by atoms with Crippen LogP contribution in [0, 0.1) is 62.3 Å². The molecule has 26 heteroatoms. The third-order valence-corrected chi connectivity index (χ3v) is 14.6. The third-order valence-electron chi connectivity index (χ3n) is 14.0. The lowest BCUT2D eigenvalue weighted by molar-refractivity contribution is -0.156. The van der Waals surface area contributed by atoms with Crippen molar-refractivity contribution in [3.8, 4) is 62.1 Å². The number of aromatic hydroxyl groups is 1. The fourth-order valence-corrected chi connectivity index (χ4v) is 10.4. The fraction of sp³-hybridized carbons (Fsp3) is 0.246. The quantitative estimate of drug-likeness (QED) is 0.140. The van der Waals surface area contributed by atoms with Crippen molar-refractivity contribution in [1.29, 1.82) is 0 Å². The third kappa shape index (κ3) is 13.2. The van der Waals surface area contributed by atoms with Crippen LogP contribution in [0.2, 0.25) is 0 Å². The van der Waals surface area contributed by atoms with E-state index >= 15 is 0 Å². The minimum Gasteiger partial charge on any atom is -0.506 e. The fourth-order valence-electron chi connectivity index (χ4n) is 9.70. The van der Waals surface area contributed by atoms with Gasteiger partial charge in [-0.25, -0.2) is 14.4 Å². The average molecular weight is 1260 g/mol. The number of fused-ring (bicyclic) bond motifs is 3. The number of pyridine rings is 3. The zero-order chi connectivity index (χ0) is 63.5. The maximum atomic E-state index is 12.5. The number of aromatic amines is 1. The molecule has 0 saturated carbocycles. The van der Waals surface area contributed by atoms with E-state index < -0.39 is 12.5 Å². The normalized spacial score (nSPS) is 11.1. The van der Waals surface area contributed by atoms with E-state index in [4.69, 9.17) is 32.9 Å². The van der Waals surface area contributed by atoms with Crippen LogP contribution in [0.4, 0.5) is 13.2 Å². The number of hydrogen-bond acceptors (Lipinski definition) is 16. The average Bonchev–Trinajstić information content (AvgIpc) is 1.71. The summed E-state index contributed by atoms with van der Waals surface area (Å²) in [6, 6.07) is 22.3. The van der Waals surface area contributed by atoms with Crippen molar-refractivity contribution >= 4 is 55.3 Å². The van der Waals surface area contributed by atoms with Crippen LogP contribution in [0.3, 0.4) is 0 Å². The molecule has 0 atom stereocenters. The number of aryl methyl sites for hydroxylation is 14. The highest BCUT2D eigenvalue weighted by Gasteiger charge is 2.25. The first kappa shape index (κ1) is 62.9. The molecular formula is C61H60BrF3N12O10. The molecule has 0 spiro atoms. The first-order chi connectivity index (χ1) is 41.1. The number of carbonyl (C=O) groups is 1. The van der Waals surface area contributed by atoms with Crippen LogP contribution in [0.5, 0.6) is 28.7 Å². The molecule has 0 aliphatic heterocycles. The Kier molecular flexibility index (Phi) is 18.5. The van der Waals surface area contributed by atoms with Crippen LogP contribution in [0.1, 0.15) is 51.4 Å². The molecule has 0 bridgehead atoms. The Bertz CT molecular complexity index is 4650. The summed E-state index contributed by atoms with van der Waals surface area (Å²) in [7, 11) is 8.74. The molecule has 2 N–H and O–H groups in total. The molecule has 87 heavy (non-hydrogen) atoms. The number of benzene rings is 3. The number of alkyl halides is 3. The van der Waals surface area contributed by atoms with Crippen LogP contribution in [-0.4, -0.2) is 75.8 Å². The molecule has 9 aromatic heterocycles. The van der Waals surface area contributed by atoms with E-state index in [0.29, 0.717) is 45.5 Å². The largest absolute Gasteiger partial charge is 0.506 e. The van der Waals surface area contributed by atoms with Gasteiger partial charge in [-0.3, -0.25) is 42.6 Å². The summed E-state index contributed by atoms with van der Waals surface area (Å²) in [4.78, 5) is 60.6. The summed E-state index contributed by atoms with van der Waals surface area (Å²) in [6.45, 7) is 16.8. The number of H-pyrrole nitrogens is 1. The molecule has 0 aliphatic rings. The van der Waals surface area contributed by atoms with Gasteiger partial charge >= 0.3 is 23.2 Å². The zero-order valence-corrected chi connectivity index (χ0v) is 51.4. The number of nitrogens with zero attached hydrogens (tertiary/aromatic N) is 11. The molecular weight excluding hydrogens is 1200 g/mol. The van der Waals surface area contributed by atoms with Gasteiger partial charge in [0.15, 0.2) is 11.5 Å². The number of hydrogen-bond donors (Lipinski definition) is 2. The smallest absolute Gasteiger partial charge is 0.446 e. The highest BCUT2D eigenvalue weighted by Crippen LogP contribution is 2.40. The second kappa shape index (κ2) is 25.6. The van der Waals surface area contributed by atoms with Crippen LogP contribution in [0.25, 0.3) is 66.5 Å². The van der Waals surface area contributed by atoms with Gasteiger partial charge in [-0.05, 0) is 168 Å². The summed E-state index contributed by atoms with van der Waals surface area (Å²) >= 11 is 3.56. The molecule has 3 aromatic carbocycles. The van der Waals surface area contributed by atoms with E-state index in [1.54, 1.807) is 91.2 Å². The molecule has 0 radical (unpaired) electrons. The lowest BCUT2D eigenvalue weighted by Gasteiger charge is -2.12. The predicted octanol–water partition coefficient (Wildman–Crippen LogP) is 12.0. The maximum absolute atomic E-state index is 12.5. The summed E-state index contributed by atoms with van der Waals surface area (Å²) in [5.74, 6) is 4.89. The van der Waals surface area contributed by atoms with Gasteiger partial charge in [-0.1, -0.05) is 15.5 Å². The lowest BCUT2D eigenvalue weighted by Crippen LogP contribution is -2.19. The first-order valence-corrected chi connectivity index (χ1v) is 27.3. The molecule has 0 amide bonds. The van der Waals surface area contributed by atoms with Gasteiger partial charge in [-0.15, -0.1) is 0 Å². The van der Waals surface area contributed by atoms with Crippen molar-refractivity contribution in [2.45, 2.75) is 68.5 Å². The van der Waals surface area contributed by atoms with Gasteiger partial charge < -0.3 is 33.1 Å². The molecule has 0 saturated heterocycles. The summed E-state index contributed by atoms with van der Waals surface area (Å²) < 4.78 is 68.3. The Morgan fingerprint density at radius 1 is 0.517 bits per heavy atom. The molecule has 0 fully saturated rings. The van der Waals surface area contributed by atoms with E-state index in [2.05, 4.69) is 51.3 Å². The molecule has 452 valence electrons. The van der Waals surface area contributed by atoms with Gasteiger partial charge in [0, 0.05) is 75.0 Å². The van der Waals surface area contributed by atoms with Crippen molar-refractivity contribution in [2.75, 3.05) is 0 Å². The molecule has 9 heterocycles. The van der Waals surface area contributed by atoms with Crippen molar-refractivity contribution in [3.63, 3.8) is 0 Å². The van der Waals surface area contributed by atoms with Crippen LogP contribution < -0.4 is 26.5 Å². The van der Waals surface area contributed by atoms with Gasteiger partial charge in [0.1, 0.15) is 45.6 Å². The van der Waals surface area contributed by atoms with Crippen molar-refractivity contribution < 1.29 is 46.1 Å². The molecule has 0 unspecified atom stereocenters. The van der Waals surface area contributed by atoms with Crippen molar-refractivity contribution in [3.05, 3.63) is 179 Å². The molecule has 22 nitrogen and oxygen atoms in total. The van der Waals surface area contributed by atoms with E-state index in [1.807, 2.05) is 116 Å². The maximum Gasteiger partial charge on any atom is 0.446 e. The SMILES string of the molecule is Cc1ncccc1O.Cc1ncccc1Oc1cc(-c2c(C)noc2C)cc2[nH]c(=O)n(C)c12.Cc1ncccc1Oc1cc(-c2c(C)noc2C)cc2c1n(C)c(=O)n2C.Cc1noc(C)c1-c1cc(Br)c2c(c1)n(C)c(=O)n2C.O=CC(F)(F)F. The first-order valence-electron chi connectivity index (χ1n) is 26.5. The number of ether oxygens (including phenoxy) is 2. The minimum absolute atomic E-state index is 0.0448. The van der Waals surface area contributed by atoms with Crippen LogP contribution in [-0.2, 0) is 40.0 Å². The minimum atomic E-state index is -4.64. The predicted molar refractivity (Wildman–Crippen MR) is 323 cm³/mol. The second-order valence-corrected chi connectivity index (χ2v) is 20.9. The number of aldehydes is 1. The zero-order valence-electron chi connectivity index (χ0n) is 49.8. The number of nitrogens with one attached hydrogen (secondary N) is 1. The van der Waals surface area contributed by atoms with E-state index in [-0.39, 0.29) is 22.8 Å². The van der Waals surface area contributed by atoms with Crippen molar-refractivity contribution in [2.24, 2.45) is 35.2 Å². The Hall–Kier alpha value is -10.1. The lowest BCUT2D eigenvalue weighted by atomic mass is 10.0. The molecule has 0 aliphatic carbocycles. The Morgan fingerprint density at radius 2 is 0.908 bits per heavy atom. The Balaban J connectivity index is 0.000000153. The monoisotopic (exact) mass is 1260 g/mol. The molecule has 12 aromatic rings. The van der Waals surface area contributed by atoms with Crippen LogP contribution in [0.15, 0.2) is 124 Å². The van der Waals surface area contributed by atoms with E-state index in [1.165, 1.54) is 4.57 Å². The number of imidazole rings is 3. The highest BCUT2D eigenvalue weighted by atomic mass is 79.9. The second-order valence-electron chi connectivity index (χ2n) is 20.1. The van der Waals surface area contributed by atoms with E-state index in [9.17, 15) is 27.6 Å². The van der Waals surface area contributed by atoms with E-state index in [0.717, 1.165) is 99.9 Å². The summed E-state index contributed by atoms with van der Waals surface area (Å²) in [6.07, 6.45) is -0.623. The number of aromatic nitrogens is 12. The van der Waals surface area contributed by atoms with Gasteiger partial charge in [0.05, 0.1) is 56.2 Å². The Morgan fingerprint density at radius 3 is 1.30 bits per heavy atom. The number of halogens is 4. The Labute approximate surface area is 502 Å². The highest BCUT2D eigenvalue weighted by molar-refractivity contribution is 9.10. The topological polar surface area (TPSA) is 264 Å². The van der Waals surface area contributed by atoms with Crippen molar-refractivity contribution in [1.82, 2.24) is 58.2 Å². The van der Waals surface area contributed by atoms with Gasteiger partial charge in [0.2, 0.25) is 6.29 Å². The number of carbonyl (C=O) groups excluding carboxylic acids is 1. The van der Waals surface area contributed by atoms with Crippen LogP contribution >= 0.6 is 15.9 Å². The molecule has 12 rings (SSSR count). The summed E-state index contributed by atoms with van der Waals surface area (Å²) in [5, 5.41) is 20.9. The standard InChI is InChI=1S/C20H20N4O3.C19H18N4O3.C14H14BrN3O2.C6H7NO.C2HF3O/c1-11-16(7-6-8-21-11)26-17-10-14(18-12(2)22-27-13(18)3)9-15-19(17)24(5)20(25)23(15)4;1-10-15(6-5-7-20-10)25-16-9-13(17-11(2)22-26-12(17)3)8-14-18(16)23(4)19(24)21-14;1-7-12(8(2)20-16-7)9-5-10(15)13-11(6-9)17(3)14(19)18(13)4;1-5-6(8)3-2-4-7-5;3-2(4,5)1-6/h6-10H,1-5H3;5-9H,1-4H3,(H,21,24);5-6H,1-4H3;2-4,8H,1H3;1H. The van der Waals surface area contributed by atoms with Gasteiger partial charge in [-0.2, -0.15) is 13.2 Å². The van der Waals surface area contributed by atoms with Gasteiger partial charge in [0.25, 0.3) is 0 Å². The number of rotatable bonds is 7.